The highest BCUT2D eigenvalue weighted by atomic mass is 19.1. The van der Waals surface area contributed by atoms with E-state index in [-0.39, 0.29) is 23.8 Å². The normalized spacial score (nSPS) is 17.7. The van der Waals surface area contributed by atoms with Crippen molar-refractivity contribution in [1.29, 1.82) is 0 Å². The van der Waals surface area contributed by atoms with Crippen LogP contribution in [0.2, 0.25) is 0 Å². The molecule has 0 aliphatic carbocycles. The van der Waals surface area contributed by atoms with Gasteiger partial charge in [-0.2, -0.15) is 0 Å². The zero-order valence-electron chi connectivity index (χ0n) is 13.3. The van der Waals surface area contributed by atoms with E-state index >= 15 is 0 Å². The molecule has 7 heteroatoms. The van der Waals surface area contributed by atoms with E-state index in [0.717, 1.165) is 0 Å². The topological polar surface area (TPSA) is 66.4 Å². The van der Waals surface area contributed by atoms with Crippen LogP contribution >= 0.6 is 0 Å². The van der Waals surface area contributed by atoms with Gasteiger partial charge in [0.05, 0.1) is 5.69 Å². The van der Waals surface area contributed by atoms with Crippen LogP contribution in [0.5, 0.6) is 0 Å². The number of rotatable bonds is 3. The fourth-order valence-corrected chi connectivity index (χ4v) is 2.77. The van der Waals surface area contributed by atoms with Crippen molar-refractivity contribution < 1.29 is 14.0 Å². The number of nitrogens with zero attached hydrogens (tertiary/aromatic N) is 2. The second-order valence-electron chi connectivity index (χ2n) is 5.86. The molecule has 24 heavy (non-hydrogen) atoms. The average Bonchev–Trinajstić information content (AvgIpc) is 3.07. The number of nitrogens with one attached hydrogen (secondary N) is 2. The van der Waals surface area contributed by atoms with Crippen molar-refractivity contribution in [3.63, 3.8) is 0 Å². The van der Waals surface area contributed by atoms with Crippen molar-refractivity contribution in [2.24, 2.45) is 0 Å². The summed E-state index contributed by atoms with van der Waals surface area (Å²) < 4.78 is 15.6. The Morgan fingerprint density at radius 3 is 2.75 bits per heavy atom. The second-order valence-corrected chi connectivity index (χ2v) is 5.86. The molecule has 0 saturated carbocycles. The Morgan fingerprint density at radius 2 is 2.04 bits per heavy atom. The van der Waals surface area contributed by atoms with Gasteiger partial charge in [-0.15, -0.1) is 0 Å². The first-order valence-corrected chi connectivity index (χ1v) is 7.77. The summed E-state index contributed by atoms with van der Waals surface area (Å²) in [7, 11) is 1.72. The van der Waals surface area contributed by atoms with Crippen molar-refractivity contribution in [3.05, 3.63) is 48.5 Å². The molecule has 2 N–H and O–H groups in total. The molecule has 1 aliphatic rings. The maximum absolute atomic E-state index is 13.9. The number of halogens is 1. The summed E-state index contributed by atoms with van der Waals surface area (Å²) in [5.41, 5.74) is 0.860. The first kappa shape index (κ1) is 16.0. The van der Waals surface area contributed by atoms with E-state index in [1.807, 2.05) is 0 Å². The maximum Gasteiger partial charge on any atom is 0.319 e. The molecule has 0 unspecified atom stereocenters. The lowest BCUT2D eigenvalue weighted by Gasteiger charge is -2.30. The lowest BCUT2D eigenvalue weighted by atomic mass is 10.1. The van der Waals surface area contributed by atoms with E-state index in [0.29, 0.717) is 30.8 Å². The summed E-state index contributed by atoms with van der Waals surface area (Å²) in [5.74, 6) is -0.284. The monoisotopic (exact) mass is 330 g/mol. The lowest BCUT2D eigenvalue weighted by Crippen LogP contribution is -2.49. The number of carbonyl (C=O) groups excluding carboxylic acids is 2. The molecule has 1 aromatic heterocycles. The highest BCUT2D eigenvalue weighted by Gasteiger charge is 2.24. The molecule has 1 atom stereocenters. The van der Waals surface area contributed by atoms with E-state index < -0.39 is 0 Å². The number of amides is 3. The maximum atomic E-state index is 13.9. The average molecular weight is 330 g/mol. The number of likely N-dealkylation sites (N-methyl/N-ethyl adjacent to an activating group) is 1. The van der Waals surface area contributed by atoms with E-state index in [1.165, 1.54) is 12.1 Å². The molecule has 1 aromatic carbocycles. The Kier molecular flexibility index (Phi) is 4.50. The SMILES string of the molecule is CN1C[C@H](NC(=O)Nc2ccc(F)c(-n3cccc3)c2)CCC1=O. The molecule has 2 aromatic rings. The molecule has 6 nitrogen and oxygen atoms in total. The van der Waals surface area contributed by atoms with Crippen LogP contribution in [0, 0.1) is 5.82 Å². The van der Waals surface area contributed by atoms with E-state index in [1.54, 1.807) is 47.1 Å². The van der Waals surface area contributed by atoms with Crippen molar-refractivity contribution >= 4 is 17.6 Å². The Labute approximate surface area is 139 Å². The van der Waals surface area contributed by atoms with E-state index in [2.05, 4.69) is 10.6 Å². The van der Waals surface area contributed by atoms with Crippen LogP contribution in [0.3, 0.4) is 0 Å². The van der Waals surface area contributed by atoms with Gasteiger partial charge in [0.1, 0.15) is 5.82 Å². The Balaban J connectivity index is 1.65. The first-order chi connectivity index (χ1) is 11.5. The standard InChI is InChI=1S/C17H19FN4O2/c1-21-11-13(5-7-16(21)23)20-17(24)19-12-4-6-14(18)15(10-12)22-8-2-3-9-22/h2-4,6,8-10,13H,5,7,11H2,1H3,(H2,19,20,24)/t13-/m1/s1. The summed E-state index contributed by atoms with van der Waals surface area (Å²) >= 11 is 0. The quantitative estimate of drug-likeness (QED) is 0.907. The van der Waals surface area contributed by atoms with Gasteiger partial charge in [-0.3, -0.25) is 4.79 Å². The third-order valence-electron chi connectivity index (χ3n) is 4.05. The Morgan fingerprint density at radius 1 is 1.29 bits per heavy atom. The highest BCUT2D eigenvalue weighted by Crippen LogP contribution is 2.19. The summed E-state index contributed by atoms with van der Waals surface area (Å²) in [6.07, 6.45) is 4.51. The van der Waals surface area contributed by atoms with Crippen LogP contribution in [0.25, 0.3) is 5.69 Å². The number of carbonyl (C=O) groups is 2. The molecule has 0 bridgehead atoms. The number of urea groups is 1. The molecule has 1 saturated heterocycles. The fourth-order valence-electron chi connectivity index (χ4n) is 2.77. The van der Waals surface area contributed by atoms with E-state index in [9.17, 15) is 14.0 Å². The molecule has 2 heterocycles. The summed E-state index contributed by atoms with van der Waals surface area (Å²) in [6.45, 7) is 0.490. The van der Waals surface area contributed by atoms with E-state index in [4.69, 9.17) is 0 Å². The van der Waals surface area contributed by atoms with Crippen molar-refractivity contribution in [2.45, 2.75) is 18.9 Å². The number of hydrogen-bond acceptors (Lipinski definition) is 2. The molecule has 3 amide bonds. The molecule has 0 spiro atoms. The fraction of sp³-hybridized carbons (Fsp3) is 0.294. The second kappa shape index (κ2) is 6.74. The largest absolute Gasteiger partial charge is 0.344 e. The van der Waals surface area contributed by atoms with Gasteiger partial charge in [0.15, 0.2) is 0 Å². The van der Waals surface area contributed by atoms with Crippen LogP contribution in [-0.4, -0.2) is 41.0 Å². The molecule has 1 fully saturated rings. The van der Waals surface area contributed by atoms with Crippen LogP contribution in [-0.2, 0) is 4.79 Å². The first-order valence-electron chi connectivity index (χ1n) is 7.77. The molecule has 3 rings (SSSR count). The Bertz CT molecular complexity index is 745. The Hall–Kier alpha value is -2.83. The number of hydrogen-bond donors (Lipinski definition) is 2. The van der Waals surface area contributed by atoms with Crippen LogP contribution < -0.4 is 10.6 Å². The van der Waals surface area contributed by atoms with Gasteiger partial charge in [0, 0.05) is 44.1 Å². The smallest absolute Gasteiger partial charge is 0.319 e. The summed E-state index contributed by atoms with van der Waals surface area (Å²) in [5, 5.41) is 5.55. The third-order valence-corrected chi connectivity index (χ3v) is 4.05. The predicted molar refractivity (Wildman–Crippen MR) is 88.5 cm³/mol. The minimum absolute atomic E-state index is 0.0860. The zero-order valence-corrected chi connectivity index (χ0v) is 13.3. The zero-order chi connectivity index (χ0) is 17.1. The molecule has 1 aliphatic heterocycles. The molecular weight excluding hydrogens is 311 g/mol. The van der Waals surface area contributed by atoms with Gasteiger partial charge < -0.3 is 20.1 Å². The number of aromatic nitrogens is 1. The molecule has 0 radical (unpaired) electrons. The van der Waals surface area contributed by atoms with Gasteiger partial charge in [-0.25, -0.2) is 9.18 Å². The number of likely N-dealkylation sites (tertiary alicyclic amines) is 1. The number of piperidine rings is 1. The minimum atomic E-state index is -0.371. The van der Waals surface area contributed by atoms with Gasteiger partial charge in [-0.1, -0.05) is 0 Å². The van der Waals surface area contributed by atoms with Crippen molar-refractivity contribution in [3.8, 4) is 5.69 Å². The van der Waals surface area contributed by atoms with Crippen LogP contribution in [0.15, 0.2) is 42.7 Å². The van der Waals surface area contributed by atoms with Gasteiger partial charge in [0.25, 0.3) is 0 Å². The van der Waals surface area contributed by atoms with Gasteiger partial charge >= 0.3 is 6.03 Å². The van der Waals surface area contributed by atoms with Crippen molar-refractivity contribution in [1.82, 2.24) is 14.8 Å². The molecule has 126 valence electrons. The van der Waals surface area contributed by atoms with Gasteiger partial charge in [0.2, 0.25) is 5.91 Å². The van der Waals surface area contributed by atoms with Crippen LogP contribution in [0.1, 0.15) is 12.8 Å². The predicted octanol–water partition coefficient (Wildman–Crippen LogP) is 2.36. The van der Waals surface area contributed by atoms with Gasteiger partial charge in [-0.05, 0) is 36.8 Å². The lowest BCUT2D eigenvalue weighted by molar-refractivity contribution is -0.132. The van der Waals surface area contributed by atoms with Crippen LogP contribution in [0.4, 0.5) is 14.9 Å². The minimum Gasteiger partial charge on any atom is -0.344 e. The molecular formula is C17H19FN4O2. The highest BCUT2D eigenvalue weighted by molar-refractivity contribution is 5.90. The number of anilines is 1. The third kappa shape index (κ3) is 3.56. The summed E-state index contributed by atoms with van der Waals surface area (Å²) in [4.78, 5) is 25.2. The van der Waals surface area contributed by atoms with Crippen molar-refractivity contribution in [2.75, 3.05) is 18.9 Å². The number of benzene rings is 1. The summed E-state index contributed by atoms with van der Waals surface area (Å²) in [6, 6.07) is 7.55.